The molecule has 0 saturated heterocycles. The van der Waals surface area contributed by atoms with Crippen LogP contribution in [0.4, 0.5) is 11.6 Å². The van der Waals surface area contributed by atoms with Crippen molar-refractivity contribution >= 4 is 29.2 Å². The highest BCUT2D eigenvalue weighted by Crippen LogP contribution is 2.22. The number of rotatable bonds is 9. The van der Waals surface area contributed by atoms with Gasteiger partial charge in [0.15, 0.2) is 0 Å². The maximum absolute atomic E-state index is 13.2. The second-order valence-electron chi connectivity index (χ2n) is 7.76. The van der Waals surface area contributed by atoms with Gasteiger partial charge in [-0.05, 0) is 48.9 Å². The fourth-order valence-corrected chi connectivity index (χ4v) is 3.41. The second-order valence-corrected chi connectivity index (χ2v) is 8.20. The molecule has 4 rings (SSSR count). The van der Waals surface area contributed by atoms with Crippen molar-refractivity contribution in [1.82, 2.24) is 24.1 Å². The van der Waals surface area contributed by atoms with Crippen LogP contribution in [-0.2, 0) is 17.9 Å². The molecular formula is C24H21ClN6O5. The van der Waals surface area contributed by atoms with E-state index < -0.39 is 23.8 Å². The van der Waals surface area contributed by atoms with Crippen LogP contribution < -0.4 is 21.4 Å². The van der Waals surface area contributed by atoms with E-state index in [-0.39, 0.29) is 19.0 Å². The molecule has 2 heterocycles. The van der Waals surface area contributed by atoms with Crippen LogP contribution in [-0.4, -0.2) is 35.2 Å². The third-order valence-electron chi connectivity index (χ3n) is 5.02. The molecular weight excluding hydrogens is 488 g/mol. The minimum absolute atomic E-state index is 0.00439. The van der Waals surface area contributed by atoms with Gasteiger partial charge in [-0.15, -0.1) is 0 Å². The zero-order valence-electron chi connectivity index (χ0n) is 19.1. The standard InChI is InChI=1S/C24H21ClN6O5/c1-15-12-26-13-20(27-15)36-19-8-6-18(7-9-19)28-22-29-23(34)30(11-10-21(32)33)24(35)31(22)14-16-2-4-17(25)5-3-16/h2-9,12-13H,10-11,14H2,1H3,(H,32,33)(H,28,29,34). The van der Waals surface area contributed by atoms with E-state index in [9.17, 15) is 14.4 Å². The first-order valence-corrected chi connectivity index (χ1v) is 11.2. The van der Waals surface area contributed by atoms with Crippen LogP contribution in [0.5, 0.6) is 11.6 Å². The fourth-order valence-electron chi connectivity index (χ4n) is 3.28. The zero-order chi connectivity index (χ0) is 25.7. The normalized spacial score (nSPS) is 10.7. The number of benzene rings is 2. The number of carbonyl (C=O) groups is 1. The minimum Gasteiger partial charge on any atom is -0.481 e. The van der Waals surface area contributed by atoms with Crippen molar-refractivity contribution in [3.8, 4) is 11.6 Å². The first-order chi connectivity index (χ1) is 17.3. The van der Waals surface area contributed by atoms with Gasteiger partial charge in [0.2, 0.25) is 11.8 Å². The summed E-state index contributed by atoms with van der Waals surface area (Å²) in [4.78, 5) is 49.0. The van der Waals surface area contributed by atoms with Crippen molar-refractivity contribution < 1.29 is 14.6 Å². The lowest BCUT2D eigenvalue weighted by atomic mass is 10.2. The average Bonchev–Trinajstić information content (AvgIpc) is 2.83. The van der Waals surface area contributed by atoms with Gasteiger partial charge in [0.25, 0.3) is 0 Å². The number of anilines is 2. The SMILES string of the molecule is Cc1cncc(Oc2ccc(Nc3nc(=O)n(CCC(=O)O)c(=O)n3Cc3ccc(Cl)cc3)cc2)n1. The van der Waals surface area contributed by atoms with Gasteiger partial charge in [-0.3, -0.25) is 14.3 Å². The van der Waals surface area contributed by atoms with E-state index in [0.29, 0.717) is 28.0 Å². The molecule has 0 unspecified atom stereocenters. The molecule has 36 heavy (non-hydrogen) atoms. The Labute approximate surface area is 209 Å². The summed E-state index contributed by atoms with van der Waals surface area (Å²) in [5.41, 5.74) is 0.448. The second kappa shape index (κ2) is 10.8. The molecule has 0 bridgehead atoms. The highest BCUT2D eigenvalue weighted by Gasteiger charge is 2.15. The van der Waals surface area contributed by atoms with Crippen molar-refractivity contribution in [3.63, 3.8) is 0 Å². The van der Waals surface area contributed by atoms with Crippen molar-refractivity contribution in [1.29, 1.82) is 0 Å². The summed E-state index contributed by atoms with van der Waals surface area (Å²) in [5.74, 6) is -0.272. The molecule has 0 fully saturated rings. The van der Waals surface area contributed by atoms with E-state index >= 15 is 0 Å². The lowest BCUT2D eigenvalue weighted by molar-refractivity contribution is -0.137. The van der Waals surface area contributed by atoms with Crippen LogP contribution in [0.25, 0.3) is 0 Å². The van der Waals surface area contributed by atoms with Gasteiger partial charge in [-0.1, -0.05) is 23.7 Å². The summed E-state index contributed by atoms with van der Waals surface area (Å²) in [6.45, 7) is 1.58. The molecule has 11 nitrogen and oxygen atoms in total. The number of carboxylic acids is 1. The number of hydrogen-bond acceptors (Lipinski definition) is 8. The van der Waals surface area contributed by atoms with Crippen molar-refractivity contribution in [2.75, 3.05) is 5.32 Å². The number of nitrogens with zero attached hydrogens (tertiary/aromatic N) is 5. The Hall–Kier alpha value is -4.51. The molecule has 0 amide bonds. The van der Waals surface area contributed by atoms with Gasteiger partial charge < -0.3 is 15.2 Å². The number of carboxylic acid groups (broad SMARTS) is 1. The van der Waals surface area contributed by atoms with E-state index in [1.54, 1.807) is 61.7 Å². The Morgan fingerprint density at radius 2 is 1.75 bits per heavy atom. The lowest BCUT2D eigenvalue weighted by Gasteiger charge is -2.16. The first-order valence-electron chi connectivity index (χ1n) is 10.8. The molecule has 0 saturated carbocycles. The number of ether oxygens (including phenoxy) is 1. The maximum Gasteiger partial charge on any atom is 0.354 e. The topological polar surface area (TPSA) is 141 Å². The fraction of sp³-hybridized carbons (Fsp3) is 0.167. The van der Waals surface area contributed by atoms with Crippen LogP contribution in [0.2, 0.25) is 5.02 Å². The summed E-state index contributed by atoms with van der Waals surface area (Å²) >= 11 is 5.96. The van der Waals surface area contributed by atoms with E-state index in [1.807, 2.05) is 0 Å². The highest BCUT2D eigenvalue weighted by atomic mass is 35.5. The molecule has 2 N–H and O–H groups in total. The molecule has 2 aromatic heterocycles. The third kappa shape index (κ3) is 6.13. The number of aliphatic carboxylic acids is 1. The Bertz CT molecular complexity index is 1500. The quantitative estimate of drug-likeness (QED) is 0.348. The molecule has 184 valence electrons. The smallest absolute Gasteiger partial charge is 0.354 e. The summed E-state index contributed by atoms with van der Waals surface area (Å²) in [5, 5.41) is 12.5. The monoisotopic (exact) mass is 508 g/mol. The van der Waals surface area contributed by atoms with E-state index in [0.717, 1.165) is 10.1 Å². The van der Waals surface area contributed by atoms with Crippen LogP contribution in [0.3, 0.4) is 0 Å². The van der Waals surface area contributed by atoms with E-state index in [4.69, 9.17) is 21.4 Å². The predicted molar refractivity (Wildman–Crippen MR) is 132 cm³/mol. The van der Waals surface area contributed by atoms with Crippen molar-refractivity contribution in [3.05, 3.63) is 98.2 Å². The van der Waals surface area contributed by atoms with Crippen LogP contribution in [0.1, 0.15) is 17.7 Å². The summed E-state index contributed by atoms with van der Waals surface area (Å²) in [6.07, 6.45) is 2.72. The van der Waals surface area contributed by atoms with Crippen LogP contribution in [0.15, 0.2) is 70.5 Å². The molecule has 0 atom stereocenters. The third-order valence-corrected chi connectivity index (χ3v) is 5.27. The van der Waals surface area contributed by atoms with Gasteiger partial charge in [0.1, 0.15) is 5.75 Å². The molecule has 4 aromatic rings. The van der Waals surface area contributed by atoms with Gasteiger partial charge in [-0.25, -0.2) is 19.1 Å². The highest BCUT2D eigenvalue weighted by molar-refractivity contribution is 6.30. The number of halogens is 1. The van der Waals surface area contributed by atoms with Gasteiger partial charge >= 0.3 is 17.3 Å². The summed E-state index contributed by atoms with van der Waals surface area (Å²) in [7, 11) is 0. The first kappa shape index (κ1) is 24.6. The lowest BCUT2D eigenvalue weighted by Crippen LogP contribution is -2.43. The number of aromatic nitrogens is 5. The predicted octanol–water partition coefficient (Wildman–Crippen LogP) is 3.22. The molecule has 2 aromatic carbocycles. The van der Waals surface area contributed by atoms with E-state index in [2.05, 4.69) is 20.3 Å². The molecule has 0 radical (unpaired) electrons. The van der Waals surface area contributed by atoms with Gasteiger partial charge in [-0.2, -0.15) is 4.98 Å². The van der Waals surface area contributed by atoms with Crippen molar-refractivity contribution in [2.24, 2.45) is 0 Å². The largest absolute Gasteiger partial charge is 0.481 e. The molecule has 0 aliphatic heterocycles. The Morgan fingerprint density at radius 1 is 1.03 bits per heavy atom. The number of aryl methyl sites for hydroxylation is 1. The zero-order valence-corrected chi connectivity index (χ0v) is 19.8. The van der Waals surface area contributed by atoms with Crippen molar-refractivity contribution in [2.45, 2.75) is 26.4 Å². The van der Waals surface area contributed by atoms with Crippen LogP contribution >= 0.6 is 11.6 Å². The van der Waals surface area contributed by atoms with Gasteiger partial charge in [0, 0.05) is 23.5 Å². The maximum atomic E-state index is 13.2. The van der Waals surface area contributed by atoms with Gasteiger partial charge in [0.05, 0.1) is 24.9 Å². The average molecular weight is 509 g/mol. The number of hydrogen-bond donors (Lipinski definition) is 2. The van der Waals surface area contributed by atoms with Crippen LogP contribution in [0, 0.1) is 6.92 Å². The molecule has 12 heteroatoms. The van der Waals surface area contributed by atoms with E-state index in [1.165, 1.54) is 10.8 Å². The Kier molecular flexibility index (Phi) is 7.40. The Morgan fingerprint density at radius 3 is 2.42 bits per heavy atom. The summed E-state index contributed by atoms with van der Waals surface area (Å²) < 4.78 is 7.76. The summed E-state index contributed by atoms with van der Waals surface area (Å²) in [6, 6.07) is 13.6. The minimum atomic E-state index is -1.13. The molecule has 0 aliphatic carbocycles. The number of nitrogens with one attached hydrogen (secondary N) is 1. The Balaban J connectivity index is 1.64. The molecule has 0 aliphatic rings. The molecule has 0 spiro atoms.